The van der Waals surface area contributed by atoms with Gasteiger partial charge in [-0.05, 0) is 23.3 Å². The van der Waals surface area contributed by atoms with Crippen molar-refractivity contribution in [2.45, 2.75) is 12.3 Å². The number of ether oxygens (including phenoxy) is 2. The number of rotatable bonds is 5. The van der Waals surface area contributed by atoms with Crippen LogP contribution >= 0.6 is 0 Å². The average molecular weight is 373 g/mol. The topological polar surface area (TPSA) is 64.6 Å². The van der Waals surface area contributed by atoms with Gasteiger partial charge in [-0.25, -0.2) is 0 Å². The lowest BCUT2D eigenvalue weighted by Crippen LogP contribution is -2.25. The number of fused-ring (bicyclic) bond motifs is 1. The van der Waals surface area contributed by atoms with Gasteiger partial charge in [-0.15, -0.1) is 0 Å². The summed E-state index contributed by atoms with van der Waals surface area (Å²) in [6.07, 6.45) is 0.211. The molecule has 3 aromatic rings. The molecule has 0 unspecified atom stereocenters. The average Bonchev–Trinajstić information content (AvgIpc) is 2.73. The van der Waals surface area contributed by atoms with E-state index in [1.54, 1.807) is 18.2 Å². The van der Waals surface area contributed by atoms with Gasteiger partial charge in [0.15, 0.2) is 6.61 Å². The molecule has 0 aliphatic carbocycles. The first-order valence-electron chi connectivity index (χ1n) is 9.06. The Balaban J connectivity index is 1.52. The fourth-order valence-corrected chi connectivity index (χ4v) is 3.26. The van der Waals surface area contributed by atoms with Gasteiger partial charge in [0.25, 0.3) is 5.91 Å². The zero-order valence-electron chi connectivity index (χ0n) is 15.1. The first kappa shape index (κ1) is 17.8. The van der Waals surface area contributed by atoms with E-state index in [1.807, 2.05) is 60.7 Å². The van der Waals surface area contributed by atoms with Crippen molar-refractivity contribution < 1.29 is 19.1 Å². The van der Waals surface area contributed by atoms with Crippen LogP contribution in [0.25, 0.3) is 0 Å². The maximum atomic E-state index is 12.7. The fourth-order valence-electron chi connectivity index (χ4n) is 3.26. The number of nitrogens with one attached hydrogen (secondary N) is 1. The lowest BCUT2D eigenvalue weighted by atomic mass is 9.89. The largest absolute Gasteiger partial charge is 0.481 e. The molecule has 28 heavy (non-hydrogen) atoms. The maximum absolute atomic E-state index is 12.7. The van der Waals surface area contributed by atoms with Gasteiger partial charge >= 0.3 is 5.97 Å². The molecule has 1 N–H and O–H groups in total. The van der Waals surface area contributed by atoms with Crippen molar-refractivity contribution in [3.05, 3.63) is 90.0 Å². The van der Waals surface area contributed by atoms with E-state index in [-0.39, 0.29) is 30.8 Å². The monoisotopic (exact) mass is 373 g/mol. The Morgan fingerprint density at radius 3 is 2.25 bits per heavy atom. The molecule has 5 nitrogen and oxygen atoms in total. The van der Waals surface area contributed by atoms with E-state index in [0.29, 0.717) is 17.2 Å². The van der Waals surface area contributed by atoms with E-state index in [9.17, 15) is 9.59 Å². The summed E-state index contributed by atoms with van der Waals surface area (Å²) >= 11 is 0. The molecule has 0 atom stereocenters. The molecule has 1 aliphatic rings. The highest BCUT2D eigenvalue weighted by atomic mass is 16.5. The van der Waals surface area contributed by atoms with Gasteiger partial charge in [-0.2, -0.15) is 0 Å². The number of hydrogen-bond donors (Lipinski definition) is 1. The normalized spacial score (nSPS) is 12.7. The highest BCUT2D eigenvalue weighted by Gasteiger charge is 2.21. The Bertz CT molecular complexity index is 946. The molecule has 4 rings (SSSR count). The van der Waals surface area contributed by atoms with Gasteiger partial charge in [0.1, 0.15) is 11.5 Å². The predicted molar refractivity (Wildman–Crippen MR) is 106 cm³/mol. The molecule has 0 spiro atoms. The number of anilines is 1. The highest BCUT2D eigenvalue weighted by molar-refractivity contribution is 5.95. The van der Waals surface area contributed by atoms with Crippen LogP contribution in [-0.4, -0.2) is 18.5 Å². The second-order valence-electron chi connectivity index (χ2n) is 6.55. The summed E-state index contributed by atoms with van der Waals surface area (Å²) in [5.74, 6) is 0.249. The molecule has 0 radical (unpaired) electrons. The first-order chi connectivity index (χ1) is 13.7. The number of amides is 1. The SMILES string of the molecule is O=C1COc2cc(OC(=O)CC(c3ccccc3)c3ccccc3)ccc2N1. The third-order valence-corrected chi connectivity index (χ3v) is 4.59. The van der Waals surface area contributed by atoms with Crippen molar-refractivity contribution in [2.24, 2.45) is 0 Å². The molecule has 0 saturated heterocycles. The summed E-state index contributed by atoms with van der Waals surface area (Å²) in [5.41, 5.74) is 2.69. The van der Waals surface area contributed by atoms with E-state index in [2.05, 4.69) is 5.32 Å². The van der Waals surface area contributed by atoms with Crippen molar-refractivity contribution in [2.75, 3.05) is 11.9 Å². The van der Waals surface area contributed by atoms with E-state index in [0.717, 1.165) is 11.1 Å². The van der Waals surface area contributed by atoms with Crippen LogP contribution in [0, 0.1) is 0 Å². The minimum atomic E-state index is -0.336. The number of carbonyl (C=O) groups is 2. The molecular formula is C23H19NO4. The smallest absolute Gasteiger partial charge is 0.312 e. The van der Waals surface area contributed by atoms with Crippen LogP contribution in [0.4, 0.5) is 5.69 Å². The van der Waals surface area contributed by atoms with E-state index in [4.69, 9.17) is 9.47 Å². The highest BCUT2D eigenvalue weighted by Crippen LogP contribution is 2.33. The van der Waals surface area contributed by atoms with Crippen LogP contribution < -0.4 is 14.8 Å². The Morgan fingerprint density at radius 2 is 1.61 bits per heavy atom. The van der Waals surface area contributed by atoms with Crippen LogP contribution in [0.2, 0.25) is 0 Å². The molecule has 1 heterocycles. The van der Waals surface area contributed by atoms with Gasteiger partial charge < -0.3 is 14.8 Å². The Kier molecular flexibility index (Phi) is 5.06. The molecule has 140 valence electrons. The molecule has 0 saturated carbocycles. The number of hydrogen-bond acceptors (Lipinski definition) is 4. The van der Waals surface area contributed by atoms with Crippen LogP contribution in [0.3, 0.4) is 0 Å². The van der Waals surface area contributed by atoms with Gasteiger partial charge in [0.2, 0.25) is 0 Å². The van der Waals surface area contributed by atoms with Gasteiger partial charge in [-0.3, -0.25) is 9.59 Å². The van der Waals surface area contributed by atoms with Crippen molar-refractivity contribution in [1.29, 1.82) is 0 Å². The summed E-state index contributed by atoms with van der Waals surface area (Å²) in [5, 5.41) is 2.71. The van der Waals surface area contributed by atoms with Crippen LogP contribution in [0.1, 0.15) is 23.5 Å². The van der Waals surface area contributed by atoms with E-state index < -0.39 is 0 Å². The van der Waals surface area contributed by atoms with Crippen molar-refractivity contribution in [3.8, 4) is 11.5 Å². The first-order valence-corrected chi connectivity index (χ1v) is 9.06. The molecule has 3 aromatic carbocycles. The summed E-state index contributed by atoms with van der Waals surface area (Å²) in [7, 11) is 0. The summed E-state index contributed by atoms with van der Waals surface area (Å²) in [6, 6.07) is 24.8. The number of carbonyl (C=O) groups excluding carboxylic acids is 2. The molecule has 1 amide bonds. The third kappa shape index (κ3) is 4.04. The molecular weight excluding hydrogens is 354 g/mol. The van der Waals surface area contributed by atoms with Gasteiger partial charge in [0.05, 0.1) is 12.1 Å². The Morgan fingerprint density at radius 1 is 0.964 bits per heavy atom. The van der Waals surface area contributed by atoms with Crippen LogP contribution in [-0.2, 0) is 9.59 Å². The summed E-state index contributed by atoms with van der Waals surface area (Å²) in [4.78, 5) is 24.0. The summed E-state index contributed by atoms with van der Waals surface area (Å²) < 4.78 is 10.9. The van der Waals surface area contributed by atoms with E-state index >= 15 is 0 Å². The quantitative estimate of drug-likeness (QED) is 0.539. The van der Waals surface area contributed by atoms with Crippen LogP contribution in [0.5, 0.6) is 11.5 Å². The molecule has 1 aliphatic heterocycles. The zero-order chi connectivity index (χ0) is 19.3. The minimum absolute atomic E-state index is 0.0471. The number of benzene rings is 3. The summed E-state index contributed by atoms with van der Waals surface area (Å²) in [6.45, 7) is -0.0471. The van der Waals surface area contributed by atoms with Gasteiger partial charge in [-0.1, -0.05) is 60.7 Å². The Labute approximate surface area is 162 Å². The van der Waals surface area contributed by atoms with Crippen molar-refractivity contribution >= 4 is 17.6 Å². The number of esters is 1. The Hall–Kier alpha value is -3.60. The predicted octanol–water partition coefficient (Wildman–Crippen LogP) is 4.15. The third-order valence-electron chi connectivity index (χ3n) is 4.59. The zero-order valence-corrected chi connectivity index (χ0v) is 15.1. The lowest BCUT2D eigenvalue weighted by Gasteiger charge is -2.19. The van der Waals surface area contributed by atoms with Gasteiger partial charge in [0, 0.05) is 12.0 Å². The molecule has 0 aromatic heterocycles. The standard InChI is InChI=1S/C23H19NO4/c25-22-15-27-21-13-18(11-12-20(21)24-22)28-23(26)14-19(16-7-3-1-4-8-16)17-9-5-2-6-10-17/h1-13,19H,14-15H2,(H,24,25). The second kappa shape index (κ2) is 7.96. The lowest BCUT2D eigenvalue weighted by molar-refractivity contribution is -0.134. The molecule has 5 heteroatoms. The molecule has 0 bridgehead atoms. The minimum Gasteiger partial charge on any atom is -0.481 e. The second-order valence-corrected chi connectivity index (χ2v) is 6.55. The van der Waals surface area contributed by atoms with Crippen molar-refractivity contribution in [1.82, 2.24) is 0 Å². The molecule has 0 fully saturated rings. The maximum Gasteiger partial charge on any atom is 0.312 e. The van der Waals surface area contributed by atoms with Crippen molar-refractivity contribution in [3.63, 3.8) is 0 Å². The fraction of sp³-hybridized carbons (Fsp3) is 0.130. The van der Waals surface area contributed by atoms with E-state index in [1.165, 1.54) is 0 Å². The van der Waals surface area contributed by atoms with Crippen LogP contribution in [0.15, 0.2) is 78.9 Å².